The SMILES string of the molecule is CC1NC=Cc2cc(F)ccc21. The number of hydrogen-bond acceptors (Lipinski definition) is 1. The third-order valence-electron chi connectivity index (χ3n) is 2.12. The van der Waals surface area contributed by atoms with E-state index in [9.17, 15) is 4.39 Å². The Morgan fingerprint density at radius 3 is 3.08 bits per heavy atom. The highest BCUT2D eigenvalue weighted by molar-refractivity contribution is 5.56. The Balaban J connectivity index is 2.55. The second-order valence-corrected chi connectivity index (χ2v) is 2.99. The topological polar surface area (TPSA) is 12.0 Å². The number of nitrogens with one attached hydrogen (secondary N) is 1. The van der Waals surface area contributed by atoms with Crippen LogP contribution in [0.1, 0.15) is 24.1 Å². The molecule has 1 aromatic carbocycles. The maximum atomic E-state index is 12.8. The van der Waals surface area contributed by atoms with E-state index in [-0.39, 0.29) is 11.9 Å². The van der Waals surface area contributed by atoms with Crippen LogP contribution in [0.4, 0.5) is 4.39 Å². The molecule has 0 aliphatic carbocycles. The minimum atomic E-state index is -0.174. The number of benzene rings is 1. The second-order valence-electron chi connectivity index (χ2n) is 2.99. The van der Waals surface area contributed by atoms with Crippen LogP contribution in [-0.2, 0) is 0 Å². The summed E-state index contributed by atoms with van der Waals surface area (Å²) in [6.45, 7) is 2.06. The lowest BCUT2D eigenvalue weighted by Crippen LogP contribution is -2.16. The van der Waals surface area contributed by atoms with Gasteiger partial charge < -0.3 is 5.32 Å². The minimum absolute atomic E-state index is 0.174. The number of hydrogen-bond donors (Lipinski definition) is 1. The third kappa shape index (κ3) is 1.09. The summed E-state index contributed by atoms with van der Waals surface area (Å²) in [4.78, 5) is 0. The molecule has 2 rings (SSSR count). The predicted octanol–water partition coefficient (Wildman–Crippen LogP) is 2.46. The fraction of sp³-hybridized carbons (Fsp3) is 0.200. The molecule has 0 saturated carbocycles. The third-order valence-corrected chi connectivity index (χ3v) is 2.12. The summed E-state index contributed by atoms with van der Waals surface area (Å²) in [5.74, 6) is -0.174. The van der Waals surface area contributed by atoms with Crippen LogP contribution in [0, 0.1) is 5.82 Å². The highest BCUT2D eigenvalue weighted by Crippen LogP contribution is 2.23. The summed E-state index contributed by atoms with van der Waals surface area (Å²) in [7, 11) is 0. The van der Waals surface area contributed by atoms with Crippen LogP contribution in [0.5, 0.6) is 0 Å². The number of halogens is 1. The van der Waals surface area contributed by atoms with Crippen LogP contribution in [0.3, 0.4) is 0 Å². The first-order valence-electron chi connectivity index (χ1n) is 3.99. The van der Waals surface area contributed by atoms with Gasteiger partial charge in [-0.25, -0.2) is 4.39 Å². The normalized spacial score (nSPS) is 20.0. The molecule has 12 heavy (non-hydrogen) atoms. The molecule has 0 radical (unpaired) electrons. The molecule has 62 valence electrons. The van der Waals surface area contributed by atoms with Gasteiger partial charge in [-0.15, -0.1) is 0 Å². The van der Waals surface area contributed by atoms with E-state index < -0.39 is 0 Å². The van der Waals surface area contributed by atoms with Crippen LogP contribution in [-0.4, -0.2) is 0 Å². The van der Waals surface area contributed by atoms with E-state index in [1.54, 1.807) is 6.07 Å². The molecule has 0 spiro atoms. The molecule has 0 fully saturated rings. The smallest absolute Gasteiger partial charge is 0.123 e. The van der Waals surface area contributed by atoms with E-state index >= 15 is 0 Å². The lowest BCUT2D eigenvalue weighted by atomic mass is 9.99. The fourth-order valence-corrected chi connectivity index (χ4v) is 1.46. The van der Waals surface area contributed by atoms with Gasteiger partial charge >= 0.3 is 0 Å². The molecule has 0 saturated heterocycles. The molecule has 1 heterocycles. The van der Waals surface area contributed by atoms with Gasteiger partial charge in [0.25, 0.3) is 0 Å². The maximum Gasteiger partial charge on any atom is 0.123 e. The van der Waals surface area contributed by atoms with Crippen LogP contribution >= 0.6 is 0 Å². The molecule has 1 nitrogen and oxygen atoms in total. The second kappa shape index (κ2) is 2.63. The van der Waals surface area contributed by atoms with E-state index in [4.69, 9.17) is 0 Å². The summed E-state index contributed by atoms with van der Waals surface area (Å²) in [5, 5.41) is 3.15. The molecule has 1 atom stereocenters. The van der Waals surface area contributed by atoms with Gasteiger partial charge in [-0.2, -0.15) is 0 Å². The predicted molar refractivity (Wildman–Crippen MR) is 47.0 cm³/mol. The van der Waals surface area contributed by atoms with Gasteiger partial charge in [0.2, 0.25) is 0 Å². The molecule has 1 unspecified atom stereocenters. The molecule has 0 bridgehead atoms. The summed E-state index contributed by atoms with van der Waals surface area (Å²) in [5.41, 5.74) is 2.13. The first-order valence-corrected chi connectivity index (χ1v) is 3.99. The summed E-state index contributed by atoms with van der Waals surface area (Å²) < 4.78 is 12.8. The van der Waals surface area contributed by atoms with E-state index in [0.29, 0.717) is 0 Å². The van der Waals surface area contributed by atoms with E-state index in [1.165, 1.54) is 6.07 Å². The van der Waals surface area contributed by atoms with Gasteiger partial charge in [-0.3, -0.25) is 0 Å². The molecular formula is C10H10FN. The van der Waals surface area contributed by atoms with Crippen molar-refractivity contribution in [2.75, 3.05) is 0 Å². The standard InChI is InChI=1S/C10H10FN/c1-7-10-3-2-9(11)6-8(10)4-5-12-7/h2-7,12H,1H3. The lowest BCUT2D eigenvalue weighted by molar-refractivity contribution is 0.620. The van der Waals surface area contributed by atoms with Crippen molar-refractivity contribution in [2.45, 2.75) is 13.0 Å². The molecule has 0 aromatic heterocycles. The highest BCUT2D eigenvalue weighted by atomic mass is 19.1. The lowest BCUT2D eigenvalue weighted by Gasteiger charge is -2.19. The molecule has 1 N–H and O–H groups in total. The van der Waals surface area contributed by atoms with Gasteiger partial charge in [-0.1, -0.05) is 6.07 Å². The van der Waals surface area contributed by atoms with Crippen molar-refractivity contribution in [1.82, 2.24) is 5.32 Å². The molecule has 1 aromatic rings. The van der Waals surface area contributed by atoms with Crippen molar-refractivity contribution in [3.05, 3.63) is 41.3 Å². The van der Waals surface area contributed by atoms with E-state index in [0.717, 1.165) is 11.1 Å². The first-order chi connectivity index (χ1) is 5.77. The molecule has 1 aliphatic rings. The Bertz CT molecular complexity index is 331. The first kappa shape index (κ1) is 7.35. The van der Waals surface area contributed by atoms with Gasteiger partial charge in [0.15, 0.2) is 0 Å². The largest absolute Gasteiger partial charge is 0.384 e. The molecule has 1 aliphatic heterocycles. The summed E-state index contributed by atoms with van der Waals surface area (Å²) >= 11 is 0. The summed E-state index contributed by atoms with van der Waals surface area (Å²) in [6, 6.07) is 5.16. The number of fused-ring (bicyclic) bond motifs is 1. The van der Waals surface area contributed by atoms with E-state index in [2.05, 4.69) is 12.2 Å². The highest BCUT2D eigenvalue weighted by Gasteiger charge is 2.11. The fourth-order valence-electron chi connectivity index (χ4n) is 1.46. The average molecular weight is 163 g/mol. The van der Waals surface area contributed by atoms with Crippen molar-refractivity contribution < 1.29 is 4.39 Å². The minimum Gasteiger partial charge on any atom is -0.384 e. The zero-order valence-electron chi connectivity index (χ0n) is 6.84. The quantitative estimate of drug-likeness (QED) is 0.619. The van der Waals surface area contributed by atoms with Crippen molar-refractivity contribution in [3.63, 3.8) is 0 Å². The Hall–Kier alpha value is -1.31. The van der Waals surface area contributed by atoms with Gasteiger partial charge in [0.1, 0.15) is 5.82 Å². The average Bonchev–Trinajstić information content (AvgIpc) is 2.04. The molecule has 2 heteroatoms. The van der Waals surface area contributed by atoms with Crippen LogP contribution in [0.15, 0.2) is 24.4 Å². The van der Waals surface area contributed by atoms with Gasteiger partial charge in [0, 0.05) is 6.04 Å². The van der Waals surface area contributed by atoms with Gasteiger partial charge in [0.05, 0.1) is 0 Å². The Labute approximate surface area is 70.9 Å². The summed E-state index contributed by atoms with van der Waals surface area (Å²) in [6.07, 6.45) is 3.74. The Morgan fingerprint density at radius 1 is 1.42 bits per heavy atom. The maximum absolute atomic E-state index is 12.8. The van der Waals surface area contributed by atoms with Crippen LogP contribution < -0.4 is 5.32 Å². The van der Waals surface area contributed by atoms with Crippen molar-refractivity contribution >= 4 is 6.08 Å². The van der Waals surface area contributed by atoms with E-state index in [1.807, 2.05) is 18.3 Å². The van der Waals surface area contributed by atoms with Crippen LogP contribution in [0.25, 0.3) is 6.08 Å². The molecular weight excluding hydrogens is 153 g/mol. The zero-order chi connectivity index (χ0) is 8.55. The van der Waals surface area contributed by atoms with Crippen molar-refractivity contribution in [1.29, 1.82) is 0 Å². The van der Waals surface area contributed by atoms with Crippen molar-refractivity contribution in [3.8, 4) is 0 Å². The zero-order valence-corrected chi connectivity index (χ0v) is 6.84. The van der Waals surface area contributed by atoms with Crippen molar-refractivity contribution in [2.24, 2.45) is 0 Å². The van der Waals surface area contributed by atoms with Gasteiger partial charge in [-0.05, 0) is 42.5 Å². The molecule has 0 amide bonds. The monoisotopic (exact) mass is 163 g/mol. The Kier molecular flexibility index (Phi) is 1.61. The Morgan fingerprint density at radius 2 is 2.25 bits per heavy atom. The van der Waals surface area contributed by atoms with Crippen LogP contribution in [0.2, 0.25) is 0 Å². The number of rotatable bonds is 0.